The predicted octanol–water partition coefficient (Wildman–Crippen LogP) is 3.44. The number of carbonyl (C=O) groups excluding carboxylic acids is 1. The van der Waals surface area contributed by atoms with Gasteiger partial charge in [-0.15, -0.1) is 10.2 Å². The summed E-state index contributed by atoms with van der Waals surface area (Å²) in [7, 11) is 0. The Morgan fingerprint density at radius 1 is 1.29 bits per heavy atom. The lowest BCUT2D eigenvalue weighted by Crippen LogP contribution is -2.27. The highest BCUT2D eigenvalue weighted by Gasteiger charge is 2.15. The summed E-state index contributed by atoms with van der Waals surface area (Å²) < 4.78 is 24.3. The number of carbonyl (C=O) groups is 1. The van der Waals surface area contributed by atoms with Crippen molar-refractivity contribution in [2.45, 2.75) is 18.2 Å². The van der Waals surface area contributed by atoms with E-state index in [2.05, 4.69) is 15.5 Å². The second kappa shape index (κ2) is 7.31. The molecule has 3 rings (SSSR count). The monoisotopic (exact) mass is 347 g/mol. The lowest BCUT2D eigenvalue weighted by molar-refractivity contribution is -0.119. The van der Waals surface area contributed by atoms with Crippen molar-refractivity contribution in [3.05, 3.63) is 54.2 Å². The molecule has 1 N–H and O–H groups in total. The number of hydrogen-bond donors (Lipinski definition) is 1. The van der Waals surface area contributed by atoms with Crippen molar-refractivity contribution in [1.82, 2.24) is 15.5 Å². The first-order valence-corrected chi connectivity index (χ1v) is 8.16. The Kier molecular flexibility index (Phi) is 4.95. The number of benzene rings is 1. The van der Waals surface area contributed by atoms with Crippen LogP contribution in [0.5, 0.6) is 0 Å². The van der Waals surface area contributed by atoms with Crippen molar-refractivity contribution in [2.24, 2.45) is 0 Å². The number of rotatable bonds is 6. The van der Waals surface area contributed by atoms with Crippen LogP contribution in [0.15, 0.2) is 56.7 Å². The van der Waals surface area contributed by atoms with Crippen molar-refractivity contribution in [2.75, 3.05) is 5.75 Å². The second-order valence-electron chi connectivity index (χ2n) is 4.95. The number of hydrogen-bond acceptors (Lipinski definition) is 6. The van der Waals surface area contributed by atoms with E-state index in [1.54, 1.807) is 36.6 Å². The van der Waals surface area contributed by atoms with Gasteiger partial charge in [0.15, 0.2) is 0 Å². The Labute approximate surface area is 141 Å². The van der Waals surface area contributed by atoms with Gasteiger partial charge in [-0.25, -0.2) is 4.39 Å². The van der Waals surface area contributed by atoms with Crippen LogP contribution in [0.1, 0.15) is 18.7 Å². The minimum Gasteiger partial charge on any atom is -0.467 e. The molecule has 0 spiro atoms. The second-order valence-corrected chi connectivity index (χ2v) is 5.87. The van der Waals surface area contributed by atoms with Crippen LogP contribution in [0.2, 0.25) is 0 Å². The summed E-state index contributed by atoms with van der Waals surface area (Å²) in [6.45, 7) is 1.82. The van der Waals surface area contributed by atoms with Crippen molar-refractivity contribution >= 4 is 17.7 Å². The summed E-state index contributed by atoms with van der Waals surface area (Å²) in [6.07, 6.45) is 1.55. The van der Waals surface area contributed by atoms with E-state index in [-0.39, 0.29) is 34.4 Å². The van der Waals surface area contributed by atoms with E-state index in [0.717, 1.165) is 11.8 Å². The SMILES string of the molecule is C[C@@H](NC(=O)CSc1nnc(-c2ccccc2F)o1)c1ccco1. The third kappa shape index (κ3) is 3.83. The summed E-state index contributed by atoms with van der Waals surface area (Å²) in [4.78, 5) is 11.9. The Bertz CT molecular complexity index is 820. The zero-order valence-electron chi connectivity index (χ0n) is 12.7. The average molecular weight is 347 g/mol. The number of nitrogens with one attached hydrogen (secondary N) is 1. The van der Waals surface area contributed by atoms with Crippen molar-refractivity contribution in [1.29, 1.82) is 0 Å². The number of furan rings is 1. The zero-order chi connectivity index (χ0) is 16.9. The lowest BCUT2D eigenvalue weighted by atomic mass is 10.2. The van der Waals surface area contributed by atoms with Crippen LogP contribution in [0.4, 0.5) is 4.39 Å². The van der Waals surface area contributed by atoms with Gasteiger partial charge in [0.05, 0.1) is 23.6 Å². The van der Waals surface area contributed by atoms with Crippen molar-refractivity contribution in [3.8, 4) is 11.5 Å². The van der Waals surface area contributed by atoms with Crippen LogP contribution >= 0.6 is 11.8 Å². The minimum atomic E-state index is -0.442. The number of nitrogens with zero attached hydrogens (tertiary/aromatic N) is 2. The first-order chi connectivity index (χ1) is 11.6. The van der Waals surface area contributed by atoms with Gasteiger partial charge in [0.25, 0.3) is 11.1 Å². The molecule has 0 aliphatic carbocycles. The molecule has 24 heavy (non-hydrogen) atoms. The van der Waals surface area contributed by atoms with Gasteiger partial charge in [0.1, 0.15) is 11.6 Å². The topological polar surface area (TPSA) is 81.2 Å². The van der Waals surface area contributed by atoms with E-state index < -0.39 is 5.82 Å². The average Bonchev–Trinajstić information content (AvgIpc) is 3.25. The van der Waals surface area contributed by atoms with Gasteiger partial charge in [0, 0.05) is 0 Å². The van der Waals surface area contributed by atoms with Gasteiger partial charge < -0.3 is 14.2 Å². The van der Waals surface area contributed by atoms with E-state index in [1.807, 2.05) is 6.92 Å². The highest BCUT2D eigenvalue weighted by molar-refractivity contribution is 7.99. The molecule has 1 amide bonds. The number of aromatic nitrogens is 2. The molecule has 0 bridgehead atoms. The van der Waals surface area contributed by atoms with Gasteiger partial charge in [-0.05, 0) is 31.2 Å². The number of thioether (sulfide) groups is 1. The fraction of sp³-hybridized carbons (Fsp3) is 0.188. The Morgan fingerprint density at radius 2 is 2.12 bits per heavy atom. The van der Waals surface area contributed by atoms with Gasteiger partial charge in [-0.1, -0.05) is 23.9 Å². The fourth-order valence-electron chi connectivity index (χ4n) is 2.03. The van der Waals surface area contributed by atoms with E-state index in [9.17, 15) is 9.18 Å². The molecule has 0 aliphatic rings. The molecular weight excluding hydrogens is 333 g/mol. The molecule has 2 aromatic heterocycles. The first kappa shape index (κ1) is 16.3. The number of halogens is 1. The molecule has 2 heterocycles. The van der Waals surface area contributed by atoms with Gasteiger partial charge in [-0.3, -0.25) is 4.79 Å². The summed E-state index contributed by atoms with van der Waals surface area (Å²) >= 11 is 1.08. The third-order valence-corrected chi connectivity index (χ3v) is 4.00. The molecule has 1 atom stereocenters. The molecular formula is C16H14FN3O3S. The molecule has 3 aromatic rings. The summed E-state index contributed by atoms with van der Waals surface area (Å²) in [6, 6.07) is 9.44. The van der Waals surface area contributed by atoms with Crippen molar-refractivity contribution in [3.63, 3.8) is 0 Å². The molecule has 0 saturated carbocycles. The normalized spacial score (nSPS) is 12.1. The maximum absolute atomic E-state index is 13.7. The molecule has 0 aliphatic heterocycles. The van der Waals surface area contributed by atoms with Crippen LogP contribution in [-0.2, 0) is 4.79 Å². The summed E-state index contributed by atoms with van der Waals surface area (Å²) in [5.41, 5.74) is 0.229. The van der Waals surface area contributed by atoms with Crippen LogP contribution < -0.4 is 5.32 Å². The van der Waals surface area contributed by atoms with E-state index >= 15 is 0 Å². The molecule has 0 fully saturated rings. The molecule has 1 aromatic carbocycles. The van der Waals surface area contributed by atoms with Gasteiger partial charge in [0.2, 0.25) is 5.91 Å². The fourth-order valence-corrected chi connectivity index (χ4v) is 2.61. The first-order valence-electron chi connectivity index (χ1n) is 7.17. The smallest absolute Gasteiger partial charge is 0.277 e. The quantitative estimate of drug-likeness (QED) is 0.688. The van der Waals surface area contributed by atoms with Crippen molar-refractivity contribution < 1.29 is 18.0 Å². The largest absolute Gasteiger partial charge is 0.467 e. The van der Waals surface area contributed by atoms with E-state index in [1.165, 1.54) is 6.07 Å². The van der Waals surface area contributed by atoms with E-state index in [0.29, 0.717) is 5.76 Å². The lowest BCUT2D eigenvalue weighted by Gasteiger charge is -2.10. The number of amides is 1. The highest BCUT2D eigenvalue weighted by Crippen LogP contribution is 2.25. The predicted molar refractivity (Wildman–Crippen MR) is 85.7 cm³/mol. The molecule has 0 unspecified atom stereocenters. The molecule has 124 valence electrons. The molecule has 6 nitrogen and oxygen atoms in total. The maximum Gasteiger partial charge on any atom is 0.277 e. The zero-order valence-corrected chi connectivity index (χ0v) is 13.5. The minimum absolute atomic E-state index is 0.0833. The van der Waals surface area contributed by atoms with Crippen LogP contribution in [0.25, 0.3) is 11.5 Å². The summed E-state index contributed by atoms with van der Waals surface area (Å²) in [5.74, 6) is 0.217. The Morgan fingerprint density at radius 3 is 2.88 bits per heavy atom. The standard InChI is InChI=1S/C16H14FN3O3S/c1-10(13-7-4-8-22-13)18-14(21)9-24-16-20-19-15(23-16)11-5-2-3-6-12(11)17/h2-8,10H,9H2,1H3,(H,18,21)/t10-/m1/s1. The Balaban J connectivity index is 1.56. The van der Waals surface area contributed by atoms with E-state index in [4.69, 9.17) is 8.83 Å². The summed E-state index contributed by atoms with van der Waals surface area (Å²) in [5, 5.41) is 10.6. The highest BCUT2D eigenvalue weighted by atomic mass is 32.2. The third-order valence-electron chi connectivity index (χ3n) is 3.18. The maximum atomic E-state index is 13.7. The molecule has 0 radical (unpaired) electrons. The van der Waals surface area contributed by atoms with Crippen LogP contribution in [-0.4, -0.2) is 21.9 Å². The molecule has 8 heteroatoms. The van der Waals surface area contributed by atoms with Crippen LogP contribution in [0.3, 0.4) is 0 Å². The Hall–Kier alpha value is -2.61. The molecule has 0 saturated heterocycles. The van der Waals surface area contributed by atoms with Gasteiger partial charge >= 0.3 is 0 Å². The van der Waals surface area contributed by atoms with Crippen LogP contribution in [0, 0.1) is 5.82 Å². The van der Waals surface area contributed by atoms with Gasteiger partial charge in [-0.2, -0.15) is 0 Å².